The zero-order valence-electron chi connectivity index (χ0n) is 17.4. The van der Waals surface area contributed by atoms with Gasteiger partial charge in [-0.15, -0.1) is 0 Å². The Balaban J connectivity index is 1.31. The summed E-state index contributed by atoms with van der Waals surface area (Å²) in [5.74, 6) is 0.624. The number of anilines is 2. The number of nitrogens with one attached hydrogen (secondary N) is 2. The van der Waals surface area contributed by atoms with Crippen LogP contribution in [-0.2, 0) is 10.0 Å². The molecular formula is C25H20N2O5S. The van der Waals surface area contributed by atoms with Crippen molar-refractivity contribution in [1.29, 1.82) is 0 Å². The summed E-state index contributed by atoms with van der Waals surface area (Å²) < 4.78 is 39.0. The van der Waals surface area contributed by atoms with E-state index in [0.717, 1.165) is 10.8 Å². The molecule has 1 heterocycles. The lowest BCUT2D eigenvalue weighted by molar-refractivity contribution is 0.102. The first-order chi connectivity index (χ1) is 16.0. The monoisotopic (exact) mass is 460 g/mol. The topological polar surface area (TPSA) is 93.7 Å². The Hall–Kier alpha value is -4.04. The average Bonchev–Trinajstić information content (AvgIpc) is 2.84. The number of rotatable bonds is 5. The minimum Gasteiger partial charge on any atom is -0.486 e. The van der Waals surface area contributed by atoms with E-state index in [1.54, 1.807) is 30.3 Å². The molecule has 0 aliphatic carbocycles. The first kappa shape index (κ1) is 20.8. The van der Waals surface area contributed by atoms with Gasteiger partial charge in [0.25, 0.3) is 15.9 Å². The zero-order chi connectivity index (χ0) is 22.8. The van der Waals surface area contributed by atoms with Crippen molar-refractivity contribution in [3.8, 4) is 11.5 Å². The van der Waals surface area contributed by atoms with Gasteiger partial charge in [-0.1, -0.05) is 36.4 Å². The van der Waals surface area contributed by atoms with E-state index in [1.165, 1.54) is 12.1 Å². The van der Waals surface area contributed by atoms with Gasteiger partial charge in [0.05, 0.1) is 4.90 Å². The lowest BCUT2D eigenvalue weighted by atomic mass is 10.1. The van der Waals surface area contributed by atoms with Gasteiger partial charge in [0.1, 0.15) is 13.2 Å². The predicted molar refractivity (Wildman–Crippen MR) is 127 cm³/mol. The fraction of sp³-hybridized carbons (Fsp3) is 0.0800. The van der Waals surface area contributed by atoms with Gasteiger partial charge in [0.2, 0.25) is 0 Å². The number of carbonyl (C=O) groups excluding carboxylic acids is 1. The average molecular weight is 461 g/mol. The van der Waals surface area contributed by atoms with Crippen LogP contribution in [0.1, 0.15) is 10.4 Å². The SMILES string of the molecule is O=C(Nc1cccc2ccccc12)c1ccc(NS(=O)(=O)c2ccc3c(c2)OCCO3)cc1. The first-order valence-corrected chi connectivity index (χ1v) is 11.8. The van der Waals surface area contributed by atoms with E-state index in [2.05, 4.69) is 10.0 Å². The van der Waals surface area contributed by atoms with Crippen LogP contribution < -0.4 is 19.5 Å². The van der Waals surface area contributed by atoms with E-state index in [0.29, 0.717) is 41.7 Å². The molecule has 7 nitrogen and oxygen atoms in total. The highest BCUT2D eigenvalue weighted by Gasteiger charge is 2.20. The molecule has 0 fully saturated rings. The maximum atomic E-state index is 12.8. The normalized spacial score (nSPS) is 12.8. The molecule has 0 radical (unpaired) electrons. The van der Waals surface area contributed by atoms with Crippen LogP contribution in [0.25, 0.3) is 10.8 Å². The molecule has 0 unspecified atom stereocenters. The van der Waals surface area contributed by atoms with Crippen molar-refractivity contribution in [2.24, 2.45) is 0 Å². The quantitative estimate of drug-likeness (QED) is 0.452. The number of sulfonamides is 1. The molecule has 8 heteroatoms. The summed E-state index contributed by atoms with van der Waals surface area (Å²) >= 11 is 0. The molecule has 166 valence electrons. The highest BCUT2D eigenvalue weighted by molar-refractivity contribution is 7.92. The fourth-order valence-electron chi connectivity index (χ4n) is 3.62. The summed E-state index contributed by atoms with van der Waals surface area (Å²) in [7, 11) is -3.84. The minimum atomic E-state index is -3.84. The number of hydrogen-bond acceptors (Lipinski definition) is 5. The molecule has 5 rings (SSSR count). The third kappa shape index (κ3) is 4.33. The largest absolute Gasteiger partial charge is 0.486 e. The van der Waals surface area contributed by atoms with Crippen LogP contribution in [0.5, 0.6) is 11.5 Å². The maximum absolute atomic E-state index is 12.8. The van der Waals surface area contributed by atoms with Crippen LogP contribution in [-0.4, -0.2) is 27.5 Å². The Bertz CT molecular complexity index is 1440. The Morgan fingerprint density at radius 2 is 1.52 bits per heavy atom. The van der Waals surface area contributed by atoms with Crippen molar-refractivity contribution >= 4 is 38.1 Å². The Labute approximate surface area is 191 Å². The van der Waals surface area contributed by atoms with Crippen molar-refractivity contribution in [2.45, 2.75) is 4.90 Å². The Kier molecular flexibility index (Phi) is 5.35. The molecule has 0 aromatic heterocycles. The number of ether oxygens (including phenoxy) is 2. The maximum Gasteiger partial charge on any atom is 0.262 e. The summed E-state index contributed by atoms with van der Waals surface area (Å²) in [4.78, 5) is 12.8. The zero-order valence-corrected chi connectivity index (χ0v) is 18.3. The van der Waals surface area contributed by atoms with E-state index < -0.39 is 10.0 Å². The molecule has 0 bridgehead atoms. The van der Waals surface area contributed by atoms with Crippen molar-refractivity contribution in [2.75, 3.05) is 23.3 Å². The van der Waals surface area contributed by atoms with Gasteiger partial charge < -0.3 is 14.8 Å². The van der Waals surface area contributed by atoms with Crippen molar-refractivity contribution in [3.05, 3.63) is 90.5 Å². The highest BCUT2D eigenvalue weighted by Crippen LogP contribution is 2.32. The fourth-order valence-corrected chi connectivity index (χ4v) is 4.70. The molecular weight excluding hydrogens is 440 g/mol. The van der Waals surface area contributed by atoms with E-state index in [1.807, 2.05) is 42.5 Å². The van der Waals surface area contributed by atoms with Gasteiger partial charge in [-0.3, -0.25) is 9.52 Å². The molecule has 0 spiro atoms. The van der Waals surface area contributed by atoms with Crippen LogP contribution in [0.15, 0.2) is 89.8 Å². The molecule has 2 N–H and O–H groups in total. The van der Waals surface area contributed by atoms with Crippen LogP contribution in [0.4, 0.5) is 11.4 Å². The van der Waals surface area contributed by atoms with Gasteiger partial charge in [0.15, 0.2) is 11.5 Å². The van der Waals surface area contributed by atoms with E-state index in [9.17, 15) is 13.2 Å². The summed E-state index contributed by atoms with van der Waals surface area (Å²) in [6, 6.07) is 24.2. The molecule has 1 aliphatic rings. The molecule has 0 saturated heterocycles. The highest BCUT2D eigenvalue weighted by atomic mass is 32.2. The smallest absolute Gasteiger partial charge is 0.262 e. The van der Waals surface area contributed by atoms with Gasteiger partial charge in [0, 0.05) is 28.4 Å². The second-order valence-electron chi connectivity index (χ2n) is 7.47. The summed E-state index contributed by atoms with van der Waals surface area (Å²) in [6.45, 7) is 0.796. The van der Waals surface area contributed by atoms with Gasteiger partial charge in [-0.2, -0.15) is 0 Å². The number of carbonyl (C=O) groups is 1. The van der Waals surface area contributed by atoms with E-state index in [4.69, 9.17) is 9.47 Å². The number of fused-ring (bicyclic) bond motifs is 2. The lowest BCUT2D eigenvalue weighted by Gasteiger charge is -2.19. The van der Waals surface area contributed by atoms with Crippen molar-refractivity contribution in [1.82, 2.24) is 0 Å². The van der Waals surface area contributed by atoms with Crippen LogP contribution in [0, 0.1) is 0 Å². The Morgan fingerprint density at radius 1 is 0.788 bits per heavy atom. The summed E-state index contributed by atoms with van der Waals surface area (Å²) in [5, 5.41) is 4.89. The number of amides is 1. The summed E-state index contributed by atoms with van der Waals surface area (Å²) in [5.41, 5.74) is 1.46. The summed E-state index contributed by atoms with van der Waals surface area (Å²) in [6.07, 6.45) is 0. The van der Waals surface area contributed by atoms with Gasteiger partial charge in [-0.25, -0.2) is 8.42 Å². The van der Waals surface area contributed by atoms with Crippen molar-refractivity contribution in [3.63, 3.8) is 0 Å². The standard InChI is InChI=1S/C25H20N2O5S/c28-25(26-22-7-3-5-17-4-1-2-6-21(17)22)18-8-10-19(11-9-18)27-33(29,30)20-12-13-23-24(16-20)32-15-14-31-23/h1-13,16,27H,14-15H2,(H,26,28). The molecule has 1 amide bonds. The third-order valence-corrected chi connectivity index (χ3v) is 6.64. The molecule has 33 heavy (non-hydrogen) atoms. The molecule has 4 aromatic rings. The molecule has 4 aromatic carbocycles. The van der Waals surface area contributed by atoms with Gasteiger partial charge in [-0.05, 0) is 47.9 Å². The Morgan fingerprint density at radius 3 is 2.33 bits per heavy atom. The second-order valence-corrected chi connectivity index (χ2v) is 9.15. The van der Waals surface area contributed by atoms with E-state index >= 15 is 0 Å². The number of benzene rings is 4. The van der Waals surface area contributed by atoms with E-state index in [-0.39, 0.29) is 10.8 Å². The molecule has 1 aliphatic heterocycles. The van der Waals surface area contributed by atoms with Crippen LogP contribution in [0.2, 0.25) is 0 Å². The lowest BCUT2D eigenvalue weighted by Crippen LogP contribution is -2.17. The second kappa shape index (κ2) is 8.48. The van der Waals surface area contributed by atoms with Crippen LogP contribution in [0.3, 0.4) is 0 Å². The first-order valence-electron chi connectivity index (χ1n) is 10.3. The van der Waals surface area contributed by atoms with Gasteiger partial charge >= 0.3 is 0 Å². The van der Waals surface area contributed by atoms with Crippen molar-refractivity contribution < 1.29 is 22.7 Å². The predicted octanol–water partition coefficient (Wildman–Crippen LogP) is 4.66. The number of hydrogen-bond donors (Lipinski definition) is 2. The van der Waals surface area contributed by atoms with Crippen LogP contribution >= 0.6 is 0 Å². The minimum absolute atomic E-state index is 0.0597. The molecule has 0 saturated carbocycles. The third-order valence-electron chi connectivity index (χ3n) is 5.26. The molecule has 0 atom stereocenters.